The molecule has 11 heteroatoms. The molecule has 1 heterocycles. The number of rotatable bonds is 52. The number of esters is 1. The van der Waals surface area contributed by atoms with E-state index in [9.17, 15) is 35.1 Å². The lowest BCUT2D eigenvalue weighted by atomic mass is 9.99. The quantitative estimate of drug-likeness (QED) is 0.0149. The van der Waals surface area contributed by atoms with Crippen LogP contribution in [0.3, 0.4) is 0 Å². The van der Waals surface area contributed by atoms with E-state index >= 15 is 0 Å². The fourth-order valence-corrected chi connectivity index (χ4v) is 9.64. The first-order chi connectivity index (χ1) is 35.7. The number of aliphatic hydroxyl groups excluding tert-OH is 5. The smallest absolute Gasteiger partial charge is 0.306 e. The molecule has 0 radical (unpaired) electrons. The third-order valence-electron chi connectivity index (χ3n) is 14.6. The lowest BCUT2D eigenvalue weighted by molar-refractivity contribution is -0.305. The summed E-state index contributed by atoms with van der Waals surface area (Å²) in [6.07, 6.45) is 49.0. The van der Waals surface area contributed by atoms with Crippen LogP contribution < -0.4 is 5.32 Å². The number of allylic oxidation sites excluding steroid dienone is 5. The molecule has 11 nitrogen and oxygen atoms in total. The van der Waals surface area contributed by atoms with Crippen molar-refractivity contribution in [2.24, 2.45) is 0 Å². The number of aliphatic hydroxyl groups is 5. The third-order valence-corrected chi connectivity index (χ3v) is 14.6. The number of carbonyl (C=O) groups is 2. The van der Waals surface area contributed by atoms with Crippen molar-refractivity contribution in [2.45, 2.75) is 333 Å². The monoisotopic (exact) mass is 1030 g/mol. The van der Waals surface area contributed by atoms with Crippen LogP contribution in [0.4, 0.5) is 0 Å². The first-order valence-corrected chi connectivity index (χ1v) is 30.8. The molecule has 1 aliphatic rings. The Morgan fingerprint density at radius 3 is 1.40 bits per heavy atom. The Labute approximate surface area is 447 Å². The molecular weight excluding hydrogens is 919 g/mol. The van der Waals surface area contributed by atoms with Gasteiger partial charge in [-0.1, -0.05) is 263 Å². The Hall–Kier alpha value is -2.12. The highest BCUT2D eigenvalue weighted by atomic mass is 16.7. The van der Waals surface area contributed by atoms with Crippen molar-refractivity contribution in [2.75, 3.05) is 13.2 Å². The van der Waals surface area contributed by atoms with Crippen LogP contribution >= 0.6 is 0 Å². The standard InChI is InChI=1S/C62H115NO10/c1-4-7-10-13-16-19-22-24-26-27-28-29-30-32-35-38-41-44-47-50-57(67)73-60-59(69)58(68)56(51-64)72-62(60)71-52-53(54(65)48-45-42-39-36-33-21-18-15-12-9-6-3)63-61(70)55(66)49-46-43-40-37-34-31-25-23-20-17-14-11-8-5-2/h17,20,23,25,45,48,53-56,58-60,62,64-66,68-69H,4-16,18-19,21-22,24,26-44,46-47,49-52H2,1-3H3,(H,63,70)/b20-17+,25-23+,48-45+. The van der Waals surface area contributed by atoms with Gasteiger partial charge in [0.15, 0.2) is 12.4 Å². The predicted molar refractivity (Wildman–Crippen MR) is 301 cm³/mol. The topological polar surface area (TPSA) is 175 Å². The molecule has 0 aromatic rings. The molecule has 0 saturated carbocycles. The van der Waals surface area contributed by atoms with Crippen LogP contribution in [-0.2, 0) is 23.8 Å². The van der Waals surface area contributed by atoms with E-state index in [4.69, 9.17) is 14.2 Å². The number of hydrogen-bond acceptors (Lipinski definition) is 10. The van der Waals surface area contributed by atoms with Gasteiger partial charge in [-0.3, -0.25) is 9.59 Å². The Morgan fingerprint density at radius 1 is 0.534 bits per heavy atom. The molecule has 8 unspecified atom stereocenters. The molecule has 428 valence electrons. The Morgan fingerprint density at radius 2 is 0.932 bits per heavy atom. The zero-order valence-corrected chi connectivity index (χ0v) is 47.3. The molecule has 1 rings (SSSR count). The van der Waals surface area contributed by atoms with Crippen LogP contribution in [0.2, 0.25) is 0 Å². The lowest BCUT2D eigenvalue weighted by Gasteiger charge is -2.41. The average molecular weight is 1030 g/mol. The van der Waals surface area contributed by atoms with Crippen molar-refractivity contribution in [3.8, 4) is 0 Å². The number of ether oxygens (including phenoxy) is 3. The number of unbranched alkanes of at least 4 members (excludes halogenated alkanes) is 35. The van der Waals surface area contributed by atoms with Gasteiger partial charge in [-0.15, -0.1) is 0 Å². The highest BCUT2D eigenvalue weighted by Gasteiger charge is 2.47. The third kappa shape index (κ3) is 39.0. The molecule has 1 fully saturated rings. The van der Waals surface area contributed by atoms with Crippen LogP contribution in [0.5, 0.6) is 0 Å². The maximum atomic E-state index is 13.4. The molecular formula is C62H115NO10. The van der Waals surface area contributed by atoms with E-state index in [0.717, 1.165) is 77.0 Å². The fraction of sp³-hybridized carbons (Fsp3) is 0.871. The molecule has 6 N–H and O–H groups in total. The van der Waals surface area contributed by atoms with Gasteiger partial charge in [0.1, 0.15) is 24.4 Å². The van der Waals surface area contributed by atoms with Crippen LogP contribution in [0.15, 0.2) is 36.5 Å². The van der Waals surface area contributed by atoms with Gasteiger partial charge in [0.25, 0.3) is 0 Å². The summed E-state index contributed by atoms with van der Waals surface area (Å²) in [6.45, 7) is 5.76. The highest BCUT2D eigenvalue weighted by Crippen LogP contribution is 2.26. The highest BCUT2D eigenvalue weighted by molar-refractivity contribution is 5.80. The van der Waals surface area contributed by atoms with E-state index < -0.39 is 67.4 Å². The van der Waals surface area contributed by atoms with Gasteiger partial charge >= 0.3 is 5.97 Å². The predicted octanol–water partition coefficient (Wildman–Crippen LogP) is 14.3. The molecule has 73 heavy (non-hydrogen) atoms. The summed E-state index contributed by atoms with van der Waals surface area (Å²) in [4.78, 5) is 26.5. The van der Waals surface area contributed by atoms with E-state index in [1.165, 1.54) is 161 Å². The number of hydrogen-bond donors (Lipinski definition) is 6. The van der Waals surface area contributed by atoms with Gasteiger partial charge in [-0.25, -0.2) is 0 Å². The van der Waals surface area contributed by atoms with E-state index in [1.807, 2.05) is 6.08 Å². The summed E-state index contributed by atoms with van der Waals surface area (Å²) in [5.74, 6) is -1.20. The molecule has 0 aromatic carbocycles. The van der Waals surface area contributed by atoms with Gasteiger partial charge < -0.3 is 45.1 Å². The molecule has 1 saturated heterocycles. The Balaban J connectivity index is 2.66. The van der Waals surface area contributed by atoms with E-state index in [0.29, 0.717) is 12.8 Å². The minimum atomic E-state index is -1.61. The van der Waals surface area contributed by atoms with Gasteiger partial charge in [-0.05, 0) is 51.4 Å². The first kappa shape index (κ1) is 68.9. The lowest BCUT2D eigenvalue weighted by Crippen LogP contribution is -2.61. The zero-order valence-electron chi connectivity index (χ0n) is 47.3. The van der Waals surface area contributed by atoms with Crippen molar-refractivity contribution >= 4 is 11.9 Å². The Bertz CT molecular complexity index is 1330. The fourth-order valence-electron chi connectivity index (χ4n) is 9.64. The molecule has 1 aliphatic heterocycles. The van der Waals surface area contributed by atoms with E-state index in [1.54, 1.807) is 6.08 Å². The van der Waals surface area contributed by atoms with Crippen molar-refractivity contribution in [3.05, 3.63) is 36.5 Å². The van der Waals surface area contributed by atoms with Crippen LogP contribution in [0, 0.1) is 0 Å². The first-order valence-electron chi connectivity index (χ1n) is 30.8. The second-order valence-electron chi connectivity index (χ2n) is 21.5. The minimum Gasteiger partial charge on any atom is -0.454 e. The summed E-state index contributed by atoms with van der Waals surface area (Å²) in [5, 5.41) is 56.9. The second kappa shape index (κ2) is 50.7. The number of carbonyl (C=O) groups excluding carboxylic acids is 2. The molecule has 0 aromatic heterocycles. The van der Waals surface area contributed by atoms with Gasteiger partial charge in [-0.2, -0.15) is 0 Å². The SMILES string of the molecule is CCCCC/C=C/C=C/CCCCCCCC(O)C(=O)NC(COC1OC(CO)C(O)C(O)C1OC(=O)CCCCCCCCCCCCCCCCCCCCC)C(O)/C=C/CCCCCCCCCCC. The number of amides is 1. The summed E-state index contributed by atoms with van der Waals surface area (Å²) in [5.41, 5.74) is 0. The minimum absolute atomic E-state index is 0.127. The van der Waals surface area contributed by atoms with Gasteiger partial charge in [0.2, 0.25) is 5.91 Å². The summed E-state index contributed by atoms with van der Waals surface area (Å²) >= 11 is 0. The number of nitrogens with one attached hydrogen (secondary N) is 1. The van der Waals surface area contributed by atoms with Crippen molar-refractivity contribution < 1.29 is 49.3 Å². The largest absolute Gasteiger partial charge is 0.454 e. The van der Waals surface area contributed by atoms with Crippen molar-refractivity contribution in [3.63, 3.8) is 0 Å². The van der Waals surface area contributed by atoms with Crippen LogP contribution in [-0.4, -0.2) is 99.6 Å². The summed E-state index contributed by atoms with van der Waals surface area (Å²) in [7, 11) is 0. The molecule has 0 bridgehead atoms. The van der Waals surface area contributed by atoms with Gasteiger partial charge in [0, 0.05) is 6.42 Å². The molecule has 1 amide bonds. The normalized spacial score (nSPS) is 19.6. The van der Waals surface area contributed by atoms with Crippen molar-refractivity contribution in [1.29, 1.82) is 0 Å². The van der Waals surface area contributed by atoms with E-state index in [-0.39, 0.29) is 19.4 Å². The van der Waals surface area contributed by atoms with Crippen LogP contribution in [0.25, 0.3) is 0 Å². The van der Waals surface area contributed by atoms with E-state index in [2.05, 4.69) is 50.4 Å². The maximum absolute atomic E-state index is 13.4. The second-order valence-corrected chi connectivity index (χ2v) is 21.5. The Kier molecular flexibility index (Phi) is 47.8. The zero-order chi connectivity index (χ0) is 53.3. The summed E-state index contributed by atoms with van der Waals surface area (Å²) < 4.78 is 17.6. The molecule has 0 aliphatic carbocycles. The summed E-state index contributed by atoms with van der Waals surface area (Å²) in [6, 6.07) is -1.03. The van der Waals surface area contributed by atoms with Crippen molar-refractivity contribution in [1.82, 2.24) is 5.32 Å². The molecule has 8 atom stereocenters. The maximum Gasteiger partial charge on any atom is 0.306 e. The average Bonchev–Trinajstić information content (AvgIpc) is 3.39. The van der Waals surface area contributed by atoms with Crippen LogP contribution in [0.1, 0.15) is 284 Å². The molecule has 0 spiro atoms. The van der Waals surface area contributed by atoms with Gasteiger partial charge in [0.05, 0.1) is 25.4 Å².